The number of nitrogens with zero attached hydrogens (tertiary/aromatic N) is 6. The van der Waals surface area contributed by atoms with E-state index in [0.717, 1.165) is 22.4 Å². The molecule has 0 atom stereocenters. The number of amides is 1. The molecule has 0 aliphatic carbocycles. The highest BCUT2D eigenvalue weighted by Crippen LogP contribution is 2.08. The summed E-state index contributed by atoms with van der Waals surface area (Å²) in [5.41, 5.74) is 4.70. The molecule has 2 aromatic heterocycles. The molecule has 11 nitrogen and oxygen atoms in total. The number of hydrogen-bond donors (Lipinski definition) is 1. The van der Waals surface area contributed by atoms with E-state index in [1.54, 1.807) is 13.0 Å². The van der Waals surface area contributed by atoms with E-state index in [1.807, 2.05) is 62.4 Å². The van der Waals surface area contributed by atoms with Gasteiger partial charge in [0.1, 0.15) is 12.9 Å². The predicted octanol–water partition coefficient (Wildman–Crippen LogP) is 2.00. The molecule has 11 heteroatoms. The lowest BCUT2D eigenvalue weighted by Crippen LogP contribution is -2.27. The van der Waals surface area contributed by atoms with Crippen LogP contribution in [0, 0.1) is 13.8 Å². The van der Waals surface area contributed by atoms with Crippen LogP contribution in [0.1, 0.15) is 34.9 Å². The second-order valence-electron chi connectivity index (χ2n) is 8.55. The van der Waals surface area contributed by atoms with Gasteiger partial charge in [-0.05, 0) is 54.0 Å². The summed E-state index contributed by atoms with van der Waals surface area (Å²) in [6.07, 6.45) is 1.64. The molecule has 2 aromatic carbocycles. The first-order chi connectivity index (χ1) is 18.3. The van der Waals surface area contributed by atoms with Gasteiger partial charge in [0.05, 0.1) is 25.3 Å². The van der Waals surface area contributed by atoms with Crippen LogP contribution in [-0.4, -0.2) is 48.5 Å². The summed E-state index contributed by atoms with van der Waals surface area (Å²) in [7, 11) is 0. The summed E-state index contributed by atoms with van der Waals surface area (Å²) in [5, 5.41) is 17.5. The maximum atomic E-state index is 11.7. The van der Waals surface area contributed by atoms with Crippen LogP contribution in [0.4, 0.5) is 0 Å². The molecule has 4 aromatic rings. The van der Waals surface area contributed by atoms with Crippen LogP contribution >= 0.6 is 0 Å². The number of rotatable bonds is 9. The molecule has 0 unspecified atom stereocenters. The van der Waals surface area contributed by atoms with Crippen molar-refractivity contribution in [2.75, 3.05) is 6.61 Å². The van der Waals surface area contributed by atoms with Gasteiger partial charge < -0.3 is 10.1 Å². The van der Waals surface area contributed by atoms with Gasteiger partial charge in [0.15, 0.2) is 0 Å². The quantitative estimate of drug-likeness (QED) is 0.333. The van der Waals surface area contributed by atoms with E-state index in [-0.39, 0.29) is 30.4 Å². The Morgan fingerprint density at radius 2 is 1.74 bits per heavy atom. The van der Waals surface area contributed by atoms with Crippen LogP contribution in [0.25, 0.3) is 0 Å². The van der Waals surface area contributed by atoms with Crippen LogP contribution in [0.2, 0.25) is 0 Å². The Bertz CT molecular complexity index is 1400. The molecule has 0 aliphatic heterocycles. The van der Waals surface area contributed by atoms with E-state index in [9.17, 15) is 14.4 Å². The first-order valence-corrected chi connectivity index (χ1v) is 12.1. The number of benzene rings is 2. The van der Waals surface area contributed by atoms with Crippen molar-refractivity contribution in [3.05, 3.63) is 105 Å². The van der Waals surface area contributed by atoms with E-state index < -0.39 is 0 Å². The number of tetrazole rings is 1. The molecule has 1 amide bonds. The average molecular weight is 518 g/mol. The summed E-state index contributed by atoms with van der Waals surface area (Å²) in [6.45, 7) is 7.06. The fourth-order valence-corrected chi connectivity index (χ4v) is 3.53. The van der Waals surface area contributed by atoms with Crippen molar-refractivity contribution in [1.82, 2.24) is 35.3 Å². The van der Waals surface area contributed by atoms with E-state index in [4.69, 9.17) is 4.74 Å². The van der Waals surface area contributed by atoms with Gasteiger partial charge >= 0.3 is 5.97 Å². The van der Waals surface area contributed by atoms with Crippen molar-refractivity contribution in [2.24, 2.45) is 0 Å². The number of ether oxygens (including phenoxy) is 1. The van der Waals surface area contributed by atoms with Gasteiger partial charge in [0.25, 0.3) is 5.56 Å². The first kappa shape index (κ1) is 27.9. The number of esters is 1. The lowest BCUT2D eigenvalue weighted by molar-refractivity contribution is -0.142. The minimum Gasteiger partial charge on any atom is -0.466 e. The Hall–Kier alpha value is -4.67. The topological polar surface area (TPSA) is 134 Å². The Morgan fingerprint density at radius 3 is 2.47 bits per heavy atom. The van der Waals surface area contributed by atoms with E-state index in [1.165, 1.54) is 27.3 Å². The third kappa shape index (κ3) is 9.41. The molecular weight excluding hydrogens is 486 g/mol. The third-order valence-electron chi connectivity index (χ3n) is 5.25. The first-order valence-electron chi connectivity index (χ1n) is 12.1. The van der Waals surface area contributed by atoms with E-state index in [0.29, 0.717) is 19.7 Å². The summed E-state index contributed by atoms with van der Waals surface area (Å²) in [6, 6.07) is 18.7. The predicted molar refractivity (Wildman–Crippen MR) is 140 cm³/mol. The van der Waals surface area contributed by atoms with Crippen LogP contribution in [0.5, 0.6) is 0 Å². The molecule has 0 saturated carbocycles. The van der Waals surface area contributed by atoms with Crippen molar-refractivity contribution in [3.8, 4) is 0 Å². The van der Waals surface area contributed by atoms with Gasteiger partial charge in [-0.1, -0.05) is 54.1 Å². The fourth-order valence-electron chi connectivity index (χ4n) is 3.53. The number of hydrogen-bond acceptors (Lipinski definition) is 8. The van der Waals surface area contributed by atoms with Crippen molar-refractivity contribution in [3.63, 3.8) is 0 Å². The summed E-state index contributed by atoms with van der Waals surface area (Å²) >= 11 is 0. The second kappa shape index (κ2) is 14.2. The van der Waals surface area contributed by atoms with Gasteiger partial charge in [-0.25, -0.2) is 9.36 Å². The highest BCUT2D eigenvalue weighted by atomic mass is 16.5. The Morgan fingerprint density at radius 1 is 0.974 bits per heavy atom. The van der Waals surface area contributed by atoms with Crippen LogP contribution in [-0.2, 0) is 40.4 Å². The average Bonchev–Trinajstić information content (AvgIpc) is 3.39. The smallest absolute Gasteiger partial charge is 0.310 e. The van der Waals surface area contributed by atoms with Gasteiger partial charge in [0, 0.05) is 12.6 Å². The van der Waals surface area contributed by atoms with Crippen LogP contribution < -0.4 is 10.9 Å². The number of aryl methyl sites for hydroxylation is 2. The second-order valence-corrected chi connectivity index (χ2v) is 8.55. The molecular formula is C27H31N7O4. The summed E-state index contributed by atoms with van der Waals surface area (Å²) < 4.78 is 7.73. The molecule has 1 N–H and O–H groups in total. The zero-order valence-corrected chi connectivity index (χ0v) is 21.7. The van der Waals surface area contributed by atoms with E-state index >= 15 is 0 Å². The zero-order chi connectivity index (χ0) is 27.3. The van der Waals surface area contributed by atoms with Gasteiger partial charge in [0.2, 0.25) is 5.91 Å². The fraction of sp³-hybridized carbons (Fsp3) is 0.296. The van der Waals surface area contributed by atoms with Crippen molar-refractivity contribution >= 4 is 11.9 Å². The largest absolute Gasteiger partial charge is 0.466 e. The third-order valence-corrected chi connectivity index (χ3v) is 5.25. The van der Waals surface area contributed by atoms with Crippen LogP contribution in [0.15, 0.2) is 71.8 Å². The molecule has 198 valence electrons. The van der Waals surface area contributed by atoms with Gasteiger partial charge in [-0.15, -0.1) is 5.10 Å². The number of carbonyl (C=O) groups is 2. The molecule has 4 rings (SSSR count). The van der Waals surface area contributed by atoms with Crippen molar-refractivity contribution in [1.29, 1.82) is 0 Å². The number of carbonyl (C=O) groups excluding carboxylic acids is 2. The molecule has 0 spiro atoms. The summed E-state index contributed by atoms with van der Waals surface area (Å²) in [5.74, 6) is -0.362. The van der Waals surface area contributed by atoms with Gasteiger partial charge in [-0.2, -0.15) is 5.10 Å². The monoisotopic (exact) mass is 517 g/mol. The minimum atomic E-state index is -0.250. The lowest BCUT2D eigenvalue weighted by atomic mass is 10.1. The summed E-state index contributed by atoms with van der Waals surface area (Å²) in [4.78, 5) is 34.8. The molecule has 0 fully saturated rings. The SMILES string of the molecule is CCOC(=O)Cc1cccc(Cn2nc(C)ccc2=O)c1.Cc1cccc(CNC(=O)Cn2cnnn2)c1. The number of aromatic nitrogens is 6. The standard InChI is InChI=1S/C16H18N2O3.C11H13N5O/c1-3-21-16(20)10-13-5-4-6-14(9-13)11-18-15(19)8-7-12(2)17-18;1-9-3-2-4-10(5-9)6-12-11(17)7-16-8-13-14-15-16/h4-9H,3,10-11H2,1-2H3;2-5,8H,6-7H2,1H3,(H,12,17). The molecule has 0 saturated heterocycles. The van der Waals surface area contributed by atoms with Gasteiger partial charge in [-0.3, -0.25) is 14.4 Å². The molecule has 38 heavy (non-hydrogen) atoms. The Kier molecular flexibility index (Phi) is 10.4. The van der Waals surface area contributed by atoms with Crippen LogP contribution in [0.3, 0.4) is 0 Å². The highest BCUT2D eigenvalue weighted by Gasteiger charge is 2.06. The molecule has 2 heterocycles. The normalized spacial score (nSPS) is 10.3. The van der Waals surface area contributed by atoms with Crippen molar-refractivity contribution < 1.29 is 14.3 Å². The lowest BCUT2D eigenvalue weighted by Gasteiger charge is -2.07. The van der Waals surface area contributed by atoms with Crippen molar-refractivity contribution in [2.45, 2.75) is 46.8 Å². The minimum absolute atomic E-state index is 0.112. The maximum absolute atomic E-state index is 11.7. The Balaban J connectivity index is 0.000000215. The maximum Gasteiger partial charge on any atom is 0.310 e. The molecule has 0 radical (unpaired) electrons. The molecule has 0 aliphatic rings. The highest BCUT2D eigenvalue weighted by molar-refractivity contribution is 5.75. The van der Waals surface area contributed by atoms with E-state index in [2.05, 4.69) is 25.9 Å². The zero-order valence-electron chi connectivity index (χ0n) is 21.7. The molecule has 0 bridgehead atoms. The number of nitrogens with one attached hydrogen (secondary N) is 1. The Labute approximate surface area is 220 Å².